The molecule has 2 atom stereocenters. The Kier molecular flexibility index (Phi) is 3.26. The Labute approximate surface area is 130 Å². The van der Waals surface area contributed by atoms with Gasteiger partial charge in [-0.05, 0) is 68.6 Å². The molecule has 2 N–H and O–H groups in total. The molecule has 0 aromatic carbocycles. The molecule has 0 radical (unpaired) electrons. The summed E-state index contributed by atoms with van der Waals surface area (Å²) in [6, 6.07) is 0.295. The van der Waals surface area contributed by atoms with E-state index < -0.39 is 5.60 Å². The standard InChI is InChI=1S/C17H25NO4/c19-14(18-13-1-2-13)9-22-15(20)8-16-4-11-3-12(5-16)7-17(21,6-11)10-16/h11-13,21H,1-10H2,(H,18,19)/t11-,12-,16?,17?/m0/s1. The maximum atomic E-state index is 12.2. The Bertz CT molecular complexity index is 485. The number of ether oxygens (including phenoxy) is 1. The number of carbonyl (C=O) groups is 2. The highest BCUT2D eigenvalue weighted by Crippen LogP contribution is 2.62. The molecule has 5 rings (SSSR count). The molecular formula is C17H25NO4. The molecule has 5 heteroatoms. The van der Waals surface area contributed by atoms with Gasteiger partial charge in [0, 0.05) is 6.04 Å². The van der Waals surface area contributed by atoms with Crippen molar-refractivity contribution >= 4 is 11.9 Å². The van der Waals surface area contributed by atoms with Crippen LogP contribution >= 0.6 is 0 Å². The Hall–Kier alpha value is -1.10. The predicted octanol–water partition coefficient (Wildman–Crippen LogP) is 1.53. The second-order valence-electron chi connectivity index (χ2n) is 8.36. The molecule has 5 nitrogen and oxygen atoms in total. The van der Waals surface area contributed by atoms with E-state index in [9.17, 15) is 14.7 Å². The molecule has 0 saturated heterocycles. The minimum atomic E-state index is -0.548. The zero-order chi connectivity index (χ0) is 15.4. The normalized spacial score (nSPS) is 42.2. The van der Waals surface area contributed by atoms with Crippen LogP contribution in [0.5, 0.6) is 0 Å². The molecule has 0 unspecified atom stereocenters. The van der Waals surface area contributed by atoms with Gasteiger partial charge in [-0.2, -0.15) is 0 Å². The first-order valence-corrected chi connectivity index (χ1v) is 8.61. The molecule has 5 saturated carbocycles. The van der Waals surface area contributed by atoms with E-state index in [0.717, 1.165) is 44.9 Å². The zero-order valence-corrected chi connectivity index (χ0v) is 13.0. The minimum absolute atomic E-state index is 0.0805. The number of esters is 1. The van der Waals surface area contributed by atoms with E-state index in [1.807, 2.05) is 0 Å². The number of carbonyl (C=O) groups excluding carboxylic acids is 2. The van der Waals surface area contributed by atoms with Crippen LogP contribution < -0.4 is 5.32 Å². The van der Waals surface area contributed by atoms with Crippen LogP contribution in [-0.4, -0.2) is 35.2 Å². The van der Waals surface area contributed by atoms with Gasteiger partial charge in [-0.15, -0.1) is 0 Å². The van der Waals surface area contributed by atoms with Crippen LogP contribution in [0.2, 0.25) is 0 Å². The summed E-state index contributed by atoms with van der Waals surface area (Å²) in [5, 5.41) is 13.5. The summed E-state index contributed by atoms with van der Waals surface area (Å²) in [5.41, 5.74) is -0.628. The summed E-state index contributed by atoms with van der Waals surface area (Å²) >= 11 is 0. The Morgan fingerprint density at radius 1 is 1.14 bits per heavy atom. The van der Waals surface area contributed by atoms with Gasteiger partial charge in [0.2, 0.25) is 0 Å². The molecule has 0 spiro atoms. The molecule has 0 aromatic rings. The summed E-state index contributed by atoms with van der Waals surface area (Å²) < 4.78 is 5.17. The number of aliphatic hydroxyl groups is 1. The first-order valence-electron chi connectivity index (χ1n) is 8.61. The smallest absolute Gasteiger partial charge is 0.306 e. The van der Waals surface area contributed by atoms with E-state index in [0.29, 0.717) is 24.3 Å². The third kappa shape index (κ3) is 2.87. The lowest BCUT2D eigenvalue weighted by atomic mass is 9.47. The van der Waals surface area contributed by atoms with Crippen molar-refractivity contribution in [3.8, 4) is 0 Å². The monoisotopic (exact) mass is 307 g/mol. The lowest BCUT2D eigenvalue weighted by molar-refractivity contribution is -0.177. The highest BCUT2D eigenvalue weighted by Gasteiger charge is 2.57. The third-order valence-corrected chi connectivity index (χ3v) is 5.98. The lowest BCUT2D eigenvalue weighted by Gasteiger charge is -2.60. The molecule has 22 heavy (non-hydrogen) atoms. The Morgan fingerprint density at radius 3 is 2.41 bits per heavy atom. The zero-order valence-electron chi connectivity index (χ0n) is 13.0. The van der Waals surface area contributed by atoms with Crippen molar-refractivity contribution < 1.29 is 19.4 Å². The van der Waals surface area contributed by atoms with Crippen molar-refractivity contribution in [2.24, 2.45) is 17.3 Å². The summed E-state index contributed by atoms with van der Waals surface area (Å²) in [5.74, 6) is 0.658. The van der Waals surface area contributed by atoms with Gasteiger partial charge in [0.05, 0.1) is 12.0 Å². The quantitative estimate of drug-likeness (QED) is 0.755. The van der Waals surface area contributed by atoms with E-state index in [1.54, 1.807) is 0 Å². The summed E-state index contributed by atoms with van der Waals surface area (Å²) in [4.78, 5) is 23.7. The van der Waals surface area contributed by atoms with E-state index in [1.165, 1.54) is 6.42 Å². The fraction of sp³-hybridized carbons (Fsp3) is 0.882. The third-order valence-electron chi connectivity index (χ3n) is 5.98. The van der Waals surface area contributed by atoms with Gasteiger partial charge in [-0.3, -0.25) is 9.59 Å². The van der Waals surface area contributed by atoms with Crippen molar-refractivity contribution in [2.45, 2.75) is 69.4 Å². The van der Waals surface area contributed by atoms with Crippen LogP contribution in [0.15, 0.2) is 0 Å². The number of hydrogen-bond acceptors (Lipinski definition) is 4. The van der Waals surface area contributed by atoms with E-state index in [-0.39, 0.29) is 23.9 Å². The van der Waals surface area contributed by atoms with Crippen LogP contribution in [0.25, 0.3) is 0 Å². The van der Waals surface area contributed by atoms with Crippen LogP contribution in [0.1, 0.15) is 57.8 Å². The molecule has 5 fully saturated rings. The van der Waals surface area contributed by atoms with E-state index in [4.69, 9.17) is 4.74 Å². The number of rotatable bonds is 5. The maximum Gasteiger partial charge on any atom is 0.306 e. The molecule has 0 aromatic heterocycles. The average molecular weight is 307 g/mol. The fourth-order valence-electron chi connectivity index (χ4n) is 5.61. The molecule has 122 valence electrons. The van der Waals surface area contributed by atoms with Gasteiger partial charge >= 0.3 is 5.97 Å². The molecule has 1 amide bonds. The Balaban J connectivity index is 1.32. The Morgan fingerprint density at radius 2 is 1.82 bits per heavy atom. The van der Waals surface area contributed by atoms with Crippen molar-refractivity contribution in [3.63, 3.8) is 0 Å². The van der Waals surface area contributed by atoms with Gasteiger partial charge in [-0.1, -0.05) is 0 Å². The summed E-state index contributed by atoms with van der Waals surface area (Å²) in [6.45, 7) is -0.164. The molecule has 5 aliphatic rings. The van der Waals surface area contributed by atoms with E-state index >= 15 is 0 Å². The SMILES string of the molecule is O=C(COC(=O)CC12C[C@@H]3C[C@H](CC(O)(C3)C1)C2)NC1CC1. The predicted molar refractivity (Wildman–Crippen MR) is 78.8 cm³/mol. The van der Waals surface area contributed by atoms with Crippen LogP contribution in [0.3, 0.4) is 0 Å². The largest absolute Gasteiger partial charge is 0.456 e. The average Bonchev–Trinajstić information content (AvgIpc) is 3.16. The molecular weight excluding hydrogens is 282 g/mol. The number of hydrogen-bond donors (Lipinski definition) is 2. The van der Waals surface area contributed by atoms with Crippen LogP contribution in [-0.2, 0) is 14.3 Å². The highest BCUT2D eigenvalue weighted by atomic mass is 16.5. The van der Waals surface area contributed by atoms with Crippen molar-refractivity contribution in [1.29, 1.82) is 0 Å². The van der Waals surface area contributed by atoms with E-state index in [2.05, 4.69) is 5.32 Å². The van der Waals surface area contributed by atoms with Gasteiger partial charge in [-0.25, -0.2) is 0 Å². The first kappa shape index (κ1) is 14.5. The van der Waals surface area contributed by atoms with Gasteiger partial charge in [0.1, 0.15) is 0 Å². The minimum Gasteiger partial charge on any atom is -0.456 e. The van der Waals surface area contributed by atoms with Crippen molar-refractivity contribution in [3.05, 3.63) is 0 Å². The first-order chi connectivity index (χ1) is 10.4. The fourth-order valence-corrected chi connectivity index (χ4v) is 5.61. The maximum absolute atomic E-state index is 12.2. The second kappa shape index (κ2) is 4.95. The van der Waals surface area contributed by atoms with Crippen molar-refractivity contribution in [1.82, 2.24) is 5.32 Å². The van der Waals surface area contributed by atoms with Gasteiger partial charge in [0.15, 0.2) is 6.61 Å². The molecule has 0 heterocycles. The molecule has 0 aliphatic heterocycles. The summed E-state index contributed by atoms with van der Waals surface area (Å²) in [6.07, 6.45) is 8.26. The molecule has 5 aliphatic carbocycles. The number of nitrogens with one attached hydrogen (secondary N) is 1. The lowest BCUT2D eigenvalue weighted by Crippen LogP contribution is -2.56. The topological polar surface area (TPSA) is 75.6 Å². The number of amides is 1. The summed E-state index contributed by atoms with van der Waals surface area (Å²) in [7, 11) is 0. The van der Waals surface area contributed by atoms with Crippen molar-refractivity contribution in [2.75, 3.05) is 6.61 Å². The highest BCUT2D eigenvalue weighted by molar-refractivity contribution is 5.81. The van der Waals surface area contributed by atoms with Gasteiger partial charge in [0.25, 0.3) is 5.91 Å². The van der Waals surface area contributed by atoms with Crippen LogP contribution in [0.4, 0.5) is 0 Å². The van der Waals surface area contributed by atoms with Gasteiger partial charge < -0.3 is 15.2 Å². The second-order valence-corrected chi connectivity index (χ2v) is 8.36. The van der Waals surface area contributed by atoms with Crippen LogP contribution in [0, 0.1) is 17.3 Å². The molecule has 4 bridgehead atoms.